The monoisotopic (exact) mass is 487 g/mol. The van der Waals surface area contributed by atoms with Gasteiger partial charge in [0.15, 0.2) is 5.82 Å². The first kappa shape index (κ1) is 24.6. The van der Waals surface area contributed by atoms with Crippen LogP contribution in [0.2, 0.25) is 0 Å². The lowest BCUT2D eigenvalue weighted by atomic mass is 10.0. The largest absolute Gasteiger partial charge is 0.487 e. The highest BCUT2D eigenvalue weighted by atomic mass is 19.3. The standard InChI is InChI=1S/C24H31F2N7O2/c1-24(2)10-15-8-18(31-23(34)17(11-27)22-29-12-16(28-3)13-30-22)19(9-20(15)35-24)33-6-4-32(5-7-33)14-21(25)26/h8-9,11-13,21,28H,4-7,10,14,27H2,1-3H3,(H,31,34). The molecule has 1 amide bonds. The van der Waals surface area contributed by atoms with Crippen LogP contribution in [0.1, 0.15) is 25.2 Å². The summed E-state index contributed by atoms with van der Waals surface area (Å²) in [5, 5.41) is 5.90. The number of carbonyl (C=O) groups is 1. The minimum atomic E-state index is -2.36. The molecule has 35 heavy (non-hydrogen) atoms. The molecule has 1 aromatic carbocycles. The fraction of sp³-hybridized carbons (Fsp3) is 0.458. The van der Waals surface area contributed by atoms with Gasteiger partial charge in [-0.1, -0.05) is 0 Å². The average molecular weight is 488 g/mol. The summed E-state index contributed by atoms with van der Waals surface area (Å²) in [4.78, 5) is 25.5. The number of carbonyl (C=O) groups excluding carboxylic acids is 1. The van der Waals surface area contributed by atoms with Crippen molar-refractivity contribution in [3.05, 3.63) is 42.1 Å². The zero-order valence-corrected chi connectivity index (χ0v) is 20.1. The van der Waals surface area contributed by atoms with E-state index in [1.165, 1.54) is 6.20 Å². The summed E-state index contributed by atoms with van der Waals surface area (Å²) in [5.41, 5.74) is 8.62. The molecule has 188 valence electrons. The number of anilines is 3. The van der Waals surface area contributed by atoms with Gasteiger partial charge in [-0.05, 0) is 19.9 Å². The van der Waals surface area contributed by atoms with Gasteiger partial charge in [-0.15, -0.1) is 0 Å². The number of benzene rings is 1. The topological polar surface area (TPSA) is 109 Å². The molecule has 1 saturated heterocycles. The number of rotatable bonds is 7. The van der Waals surface area contributed by atoms with Gasteiger partial charge < -0.3 is 26.0 Å². The van der Waals surface area contributed by atoms with Crippen molar-refractivity contribution in [3.8, 4) is 5.75 Å². The molecule has 4 rings (SSSR count). The third-order valence-electron chi connectivity index (χ3n) is 6.13. The molecule has 1 fully saturated rings. The van der Waals surface area contributed by atoms with Crippen LogP contribution in [0.3, 0.4) is 0 Å². The molecule has 9 nitrogen and oxygen atoms in total. The maximum Gasteiger partial charge on any atom is 0.261 e. The molecular weight excluding hydrogens is 456 g/mol. The fourth-order valence-corrected chi connectivity index (χ4v) is 4.41. The number of nitrogens with two attached hydrogens (primary N) is 1. The Hall–Kier alpha value is -3.47. The molecule has 2 aliphatic rings. The van der Waals surface area contributed by atoms with Crippen molar-refractivity contribution < 1.29 is 18.3 Å². The lowest BCUT2D eigenvalue weighted by Gasteiger charge is -2.37. The lowest BCUT2D eigenvalue weighted by Crippen LogP contribution is -2.48. The molecule has 0 aliphatic carbocycles. The van der Waals surface area contributed by atoms with Crippen LogP contribution < -0.4 is 26.0 Å². The molecule has 4 N–H and O–H groups in total. The lowest BCUT2D eigenvalue weighted by molar-refractivity contribution is -0.111. The number of hydrogen-bond acceptors (Lipinski definition) is 8. The summed E-state index contributed by atoms with van der Waals surface area (Å²) < 4.78 is 31.7. The Morgan fingerprint density at radius 1 is 1.23 bits per heavy atom. The molecule has 3 heterocycles. The number of halogens is 2. The quantitative estimate of drug-likeness (QED) is 0.512. The van der Waals surface area contributed by atoms with E-state index in [4.69, 9.17) is 10.5 Å². The number of aromatic nitrogens is 2. The third-order valence-corrected chi connectivity index (χ3v) is 6.13. The van der Waals surface area contributed by atoms with Gasteiger partial charge in [-0.25, -0.2) is 18.7 Å². The van der Waals surface area contributed by atoms with E-state index >= 15 is 0 Å². The van der Waals surface area contributed by atoms with E-state index in [0.29, 0.717) is 44.0 Å². The molecule has 1 aromatic heterocycles. The van der Waals surface area contributed by atoms with Gasteiger partial charge in [-0.2, -0.15) is 0 Å². The van der Waals surface area contributed by atoms with Gasteiger partial charge in [0.2, 0.25) is 0 Å². The molecule has 0 atom stereocenters. The predicted molar refractivity (Wildman–Crippen MR) is 132 cm³/mol. The van der Waals surface area contributed by atoms with Crippen LogP contribution in [0, 0.1) is 0 Å². The molecule has 0 radical (unpaired) electrons. The van der Waals surface area contributed by atoms with Crippen molar-refractivity contribution in [3.63, 3.8) is 0 Å². The molecule has 0 saturated carbocycles. The zero-order chi connectivity index (χ0) is 25.2. The van der Waals surface area contributed by atoms with Crippen molar-refractivity contribution in [1.29, 1.82) is 0 Å². The molecule has 0 bridgehead atoms. The molecule has 2 aliphatic heterocycles. The Kier molecular flexibility index (Phi) is 7.06. The van der Waals surface area contributed by atoms with E-state index in [9.17, 15) is 13.6 Å². The molecular formula is C24H31F2N7O2. The number of ether oxygens (including phenoxy) is 1. The highest BCUT2D eigenvalue weighted by Crippen LogP contribution is 2.42. The van der Waals surface area contributed by atoms with E-state index in [0.717, 1.165) is 17.0 Å². The Morgan fingerprint density at radius 2 is 1.91 bits per heavy atom. The molecule has 11 heteroatoms. The van der Waals surface area contributed by atoms with Crippen LogP contribution in [0.5, 0.6) is 5.75 Å². The summed E-state index contributed by atoms with van der Waals surface area (Å²) in [6.45, 7) is 5.88. The summed E-state index contributed by atoms with van der Waals surface area (Å²) in [6, 6.07) is 3.84. The maximum absolute atomic E-state index is 13.2. The van der Waals surface area contributed by atoms with Crippen LogP contribution in [-0.4, -0.2) is 72.6 Å². The summed E-state index contributed by atoms with van der Waals surface area (Å²) in [7, 11) is 1.75. The number of amides is 1. The first-order valence-electron chi connectivity index (χ1n) is 11.5. The van der Waals surface area contributed by atoms with E-state index in [1.807, 2.05) is 26.0 Å². The van der Waals surface area contributed by atoms with Gasteiger partial charge >= 0.3 is 0 Å². The van der Waals surface area contributed by atoms with Crippen molar-refractivity contribution in [2.75, 3.05) is 55.3 Å². The second kappa shape index (κ2) is 10.0. The SMILES string of the molecule is CNc1cnc(C(=CN)C(=O)Nc2cc3c(cc2N2CCN(CC(F)F)CC2)OC(C)(C)C3)nc1. The predicted octanol–water partition coefficient (Wildman–Crippen LogP) is 2.56. The highest BCUT2D eigenvalue weighted by Gasteiger charge is 2.33. The number of piperazine rings is 1. The van der Waals surface area contributed by atoms with Crippen LogP contribution >= 0.6 is 0 Å². The number of nitrogens with one attached hydrogen (secondary N) is 2. The van der Waals surface area contributed by atoms with E-state index < -0.39 is 12.3 Å². The van der Waals surface area contributed by atoms with Crippen LogP contribution in [0.15, 0.2) is 30.7 Å². The number of fused-ring (bicyclic) bond motifs is 1. The Balaban J connectivity index is 1.60. The Bertz CT molecular complexity index is 1100. The second-order valence-electron chi connectivity index (χ2n) is 9.27. The highest BCUT2D eigenvalue weighted by molar-refractivity contribution is 6.24. The van der Waals surface area contributed by atoms with E-state index in [2.05, 4.69) is 25.5 Å². The number of hydrogen-bond donors (Lipinski definition) is 3. The van der Waals surface area contributed by atoms with Gasteiger partial charge in [0.05, 0.1) is 41.6 Å². The summed E-state index contributed by atoms with van der Waals surface area (Å²) in [5.74, 6) is 0.524. The zero-order valence-electron chi connectivity index (χ0n) is 20.1. The van der Waals surface area contributed by atoms with Crippen molar-refractivity contribution in [2.24, 2.45) is 5.73 Å². The molecule has 2 aromatic rings. The van der Waals surface area contributed by atoms with Crippen LogP contribution in [0.4, 0.5) is 25.8 Å². The minimum absolute atomic E-state index is 0.137. The first-order chi connectivity index (χ1) is 16.7. The average Bonchev–Trinajstić information content (AvgIpc) is 3.12. The van der Waals surface area contributed by atoms with Crippen molar-refractivity contribution in [2.45, 2.75) is 32.3 Å². The Morgan fingerprint density at radius 3 is 2.51 bits per heavy atom. The number of nitrogens with zero attached hydrogens (tertiary/aromatic N) is 4. The van der Waals surface area contributed by atoms with E-state index in [1.54, 1.807) is 24.3 Å². The second-order valence-corrected chi connectivity index (χ2v) is 9.27. The van der Waals surface area contributed by atoms with Crippen LogP contribution in [-0.2, 0) is 11.2 Å². The van der Waals surface area contributed by atoms with Gasteiger partial charge in [0, 0.05) is 57.5 Å². The maximum atomic E-state index is 13.2. The van der Waals surface area contributed by atoms with Gasteiger partial charge in [-0.3, -0.25) is 9.69 Å². The molecule has 0 spiro atoms. The smallest absolute Gasteiger partial charge is 0.261 e. The molecule has 0 unspecified atom stereocenters. The van der Waals surface area contributed by atoms with Crippen LogP contribution in [0.25, 0.3) is 5.57 Å². The normalized spacial score (nSPS) is 17.8. The summed E-state index contributed by atoms with van der Waals surface area (Å²) in [6.07, 6.45) is 2.66. The van der Waals surface area contributed by atoms with E-state index in [-0.39, 0.29) is 23.5 Å². The number of alkyl halides is 2. The summed E-state index contributed by atoms with van der Waals surface area (Å²) >= 11 is 0. The minimum Gasteiger partial charge on any atom is -0.487 e. The van der Waals surface area contributed by atoms with Gasteiger partial charge in [0.1, 0.15) is 11.4 Å². The van der Waals surface area contributed by atoms with Crippen molar-refractivity contribution >= 4 is 28.5 Å². The Labute approximate surface area is 203 Å². The first-order valence-corrected chi connectivity index (χ1v) is 11.5. The van der Waals surface area contributed by atoms with Gasteiger partial charge in [0.25, 0.3) is 12.3 Å². The van der Waals surface area contributed by atoms with Crippen molar-refractivity contribution in [1.82, 2.24) is 14.9 Å². The fourth-order valence-electron chi connectivity index (χ4n) is 4.41. The third kappa shape index (κ3) is 5.61.